The fourth-order valence-electron chi connectivity index (χ4n) is 1.99. The average Bonchev–Trinajstić information content (AvgIpc) is 2.97. The Hall–Kier alpha value is -3.22. The first-order valence-electron chi connectivity index (χ1n) is 6.16. The van der Waals surface area contributed by atoms with Gasteiger partial charge >= 0.3 is 0 Å². The third-order valence-electron chi connectivity index (χ3n) is 3.06. The van der Waals surface area contributed by atoms with E-state index in [2.05, 4.69) is 10.2 Å². The maximum absolute atomic E-state index is 10.7. The number of anilines is 1. The van der Waals surface area contributed by atoms with Gasteiger partial charge < -0.3 is 5.73 Å². The van der Waals surface area contributed by atoms with E-state index in [4.69, 9.17) is 5.73 Å². The molecule has 0 unspecified atom stereocenters. The number of hydrogen-bond donors (Lipinski definition) is 1. The molecule has 0 aliphatic heterocycles. The average molecular weight is 281 g/mol. The normalized spacial score (nSPS) is 10.5. The number of nitrogen functional groups attached to an aromatic ring is 1. The second-order valence-electron chi connectivity index (χ2n) is 4.42. The van der Waals surface area contributed by atoms with Gasteiger partial charge in [0, 0.05) is 29.1 Å². The lowest BCUT2D eigenvalue weighted by Crippen LogP contribution is -1.97. The Balaban J connectivity index is 2.02. The van der Waals surface area contributed by atoms with Crippen molar-refractivity contribution in [3.8, 4) is 17.1 Å². The standard InChI is InChI=1S/C14H11N5O2/c15-11-3-7-12(8-4-11)18-9-16-17-14(18)10-1-5-13(6-2-10)19(20)21/h1-9H,15H2. The number of rotatable bonds is 3. The van der Waals surface area contributed by atoms with Crippen molar-refractivity contribution in [2.24, 2.45) is 0 Å². The fraction of sp³-hybridized carbons (Fsp3) is 0. The first-order chi connectivity index (χ1) is 10.1. The zero-order valence-corrected chi connectivity index (χ0v) is 10.9. The summed E-state index contributed by atoms with van der Waals surface area (Å²) in [5, 5.41) is 18.7. The lowest BCUT2D eigenvalue weighted by Gasteiger charge is -2.06. The molecule has 0 spiro atoms. The molecule has 2 aromatic carbocycles. The molecule has 3 rings (SSSR count). The quantitative estimate of drug-likeness (QED) is 0.451. The highest BCUT2D eigenvalue weighted by Crippen LogP contribution is 2.23. The van der Waals surface area contributed by atoms with Gasteiger partial charge in [-0.2, -0.15) is 0 Å². The van der Waals surface area contributed by atoms with E-state index in [0.29, 0.717) is 11.5 Å². The molecule has 0 aliphatic carbocycles. The number of nitrogens with zero attached hydrogens (tertiary/aromatic N) is 4. The first-order valence-corrected chi connectivity index (χ1v) is 6.16. The maximum Gasteiger partial charge on any atom is 0.269 e. The number of nitro benzene ring substituents is 1. The van der Waals surface area contributed by atoms with Crippen LogP contribution in [-0.2, 0) is 0 Å². The van der Waals surface area contributed by atoms with Crippen LogP contribution in [0.2, 0.25) is 0 Å². The highest BCUT2D eigenvalue weighted by molar-refractivity contribution is 5.60. The minimum atomic E-state index is -0.436. The Morgan fingerprint density at radius 1 is 1.05 bits per heavy atom. The molecule has 0 radical (unpaired) electrons. The van der Waals surface area contributed by atoms with Crippen molar-refractivity contribution in [1.29, 1.82) is 0 Å². The van der Waals surface area contributed by atoms with E-state index >= 15 is 0 Å². The van der Waals surface area contributed by atoms with E-state index in [1.165, 1.54) is 12.1 Å². The molecule has 0 aliphatic rings. The van der Waals surface area contributed by atoms with Gasteiger partial charge in [0.2, 0.25) is 0 Å². The van der Waals surface area contributed by atoms with Crippen LogP contribution in [0.1, 0.15) is 0 Å². The van der Waals surface area contributed by atoms with Crippen molar-refractivity contribution in [1.82, 2.24) is 14.8 Å². The minimum absolute atomic E-state index is 0.0392. The molecule has 0 saturated carbocycles. The molecule has 2 N–H and O–H groups in total. The van der Waals surface area contributed by atoms with E-state index in [-0.39, 0.29) is 5.69 Å². The van der Waals surface area contributed by atoms with Crippen molar-refractivity contribution in [3.05, 3.63) is 65.0 Å². The summed E-state index contributed by atoms with van der Waals surface area (Å²) in [7, 11) is 0. The number of nitro groups is 1. The third kappa shape index (κ3) is 2.44. The zero-order chi connectivity index (χ0) is 14.8. The van der Waals surface area contributed by atoms with Crippen LogP contribution >= 0.6 is 0 Å². The Labute approximate surface area is 119 Å². The molecule has 21 heavy (non-hydrogen) atoms. The monoisotopic (exact) mass is 281 g/mol. The third-order valence-corrected chi connectivity index (χ3v) is 3.06. The molecule has 1 heterocycles. The van der Waals surface area contributed by atoms with Crippen LogP contribution in [0, 0.1) is 10.1 Å². The molecule has 7 heteroatoms. The smallest absolute Gasteiger partial charge is 0.269 e. The Kier molecular flexibility index (Phi) is 3.07. The van der Waals surface area contributed by atoms with Crippen molar-refractivity contribution in [2.45, 2.75) is 0 Å². The van der Waals surface area contributed by atoms with Crippen LogP contribution in [0.5, 0.6) is 0 Å². The van der Waals surface area contributed by atoms with E-state index in [9.17, 15) is 10.1 Å². The topological polar surface area (TPSA) is 99.9 Å². The van der Waals surface area contributed by atoms with E-state index in [1.54, 1.807) is 35.2 Å². The predicted octanol–water partition coefficient (Wildman–Crippen LogP) is 2.42. The van der Waals surface area contributed by atoms with Crippen molar-refractivity contribution < 1.29 is 4.92 Å². The molecule has 7 nitrogen and oxygen atoms in total. The molecule has 0 bridgehead atoms. The second-order valence-corrected chi connectivity index (χ2v) is 4.42. The summed E-state index contributed by atoms with van der Waals surface area (Å²) in [4.78, 5) is 10.2. The molecule has 0 saturated heterocycles. The number of non-ortho nitro benzene ring substituents is 1. The molecule has 1 aromatic heterocycles. The Morgan fingerprint density at radius 3 is 2.33 bits per heavy atom. The van der Waals surface area contributed by atoms with Crippen LogP contribution in [0.4, 0.5) is 11.4 Å². The van der Waals surface area contributed by atoms with Gasteiger partial charge in [-0.1, -0.05) is 0 Å². The second kappa shape index (κ2) is 5.04. The van der Waals surface area contributed by atoms with Crippen LogP contribution in [0.15, 0.2) is 54.9 Å². The fourth-order valence-corrected chi connectivity index (χ4v) is 1.99. The van der Waals surface area contributed by atoms with Crippen molar-refractivity contribution in [3.63, 3.8) is 0 Å². The van der Waals surface area contributed by atoms with Crippen LogP contribution in [0.25, 0.3) is 17.1 Å². The molecule has 0 fully saturated rings. The summed E-state index contributed by atoms with van der Waals surface area (Å²) in [6, 6.07) is 13.5. The van der Waals surface area contributed by atoms with Gasteiger partial charge in [0.1, 0.15) is 6.33 Å². The van der Waals surface area contributed by atoms with Gasteiger partial charge in [0.25, 0.3) is 5.69 Å². The summed E-state index contributed by atoms with van der Waals surface area (Å²) < 4.78 is 1.79. The molecule has 0 atom stereocenters. The van der Waals surface area contributed by atoms with Gasteiger partial charge in [-0.15, -0.1) is 10.2 Å². The first kappa shape index (κ1) is 12.8. The predicted molar refractivity (Wildman–Crippen MR) is 77.9 cm³/mol. The van der Waals surface area contributed by atoms with Crippen molar-refractivity contribution in [2.75, 3.05) is 5.73 Å². The Morgan fingerprint density at radius 2 is 1.71 bits per heavy atom. The molecule has 3 aromatic rings. The summed E-state index contributed by atoms with van der Waals surface area (Å²) in [6.45, 7) is 0. The number of hydrogen-bond acceptors (Lipinski definition) is 5. The van der Waals surface area contributed by atoms with Gasteiger partial charge in [0.05, 0.1) is 4.92 Å². The highest BCUT2D eigenvalue weighted by atomic mass is 16.6. The molecule has 104 valence electrons. The SMILES string of the molecule is Nc1ccc(-n2cnnc2-c2ccc([N+](=O)[O-])cc2)cc1. The van der Waals surface area contributed by atoms with Crippen molar-refractivity contribution >= 4 is 11.4 Å². The summed E-state index contributed by atoms with van der Waals surface area (Å²) in [5.74, 6) is 0.606. The largest absolute Gasteiger partial charge is 0.399 e. The van der Waals surface area contributed by atoms with Crippen LogP contribution in [0.3, 0.4) is 0 Å². The van der Waals surface area contributed by atoms with Crippen LogP contribution in [-0.4, -0.2) is 19.7 Å². The summed E-state index contributed by atoms with van der Waals surface area (Å²) in [6.07, 6.45) is 1.59. The lowest BCUT2D eigenvalue weighted by atomic mass is 10.2. The lowest BCUT2D eigenvalue weighted by molar-refractivity contribution is -0.384. The van der Waals surface area contributed by atoms with Gasteiger partial charge in [0.15, 0.2) is 5.82 Å². The molecular formula is C14H11N5O2. The van der Waals surface area contributed by atoms with Crippen LogP contribution < -0.4 is 5.73 Å². The zero-order valence-electron chi connectivity index (χ0n) is 10.9. The van der Waals surface area contributed by atoms with E-state index in [1.807, 2.05) is 12.1 Å². The minimum Gasteiger partial charge on any atom is -0.399 e. The highest BCUT2D eigenvalue weighted by Gasteiger charge is 2.11. The number of nitrogens with two attached hydrogens (primary N) is 1. The summed E-state index contributed by atoms with van der Waals surface area (Å²) in [5.41, 5.74) is 7.99. The van der Waals surface area contributed by atoms with Gasteiger partial charge in [-0.3, -0.25) is 14.7 Å². The van der Waals surface area contributed by atoms with E-state index in [0.717, 1.165) is 11.3 Å². The van der Waals surface area contributed by atoms with E-state index < -0.39 is 4.92 Å². The maximum atomic E-state index is 10.7. The Bertz CT molecular complexity index is 778. The number of aromatic nitrogens is 3. The summed E-state index contributed by atoms with van der Waals surface area (Å²) >= 11 is 0. The van der Waals surface area contributed by atoms with Gasteiger partial charge in [-0.25, -0.2) is 0 Å². The van der Waals surface area contributed by atoms with Gasteiger partial charge in [-0.05, 0) is 36.4 Å². The molecule has 0 amide bonds. The number of benzene rings is 2. The molecular weight excluding hydrogens is 270 g/mol.